The van der Waals surface area contributed by atoms with Crippen LogP contribution >= 0.6 is 0 Å². The Morgan fingerprint density at radius 3 is 2.65 bits per heavy atom. The number of nitrogens with one attached hydrogen (secondary N) is 3. The van der Waals surface area contributed by atoms with E-state index >= 15 is 0 Å². The van der Waals surface area contributed by atoms with Crippen LogP contribution in [0.25, 0.3) is 0 Å². The van der Waals surface area contributed by atoms with Crippen LogP contribution in [-0.2, 0) is 0 Å². The predicted octanol–water partition coefficient (Wildman–Crippen LogP) is 3.22. The minimum atomic E-state index is -0.300. The van der Waals surface area contributed by atoms with E-state index in [0.717, 1.165) is 24.2 Å². The Kier molecular flexibility index (Phi) is 4.48. The van der Waals surface area contributed by atoms with E-state index in [1.807, 2.05) is 24.3 Å². The Morgan fingerprint density at radius 1 is 0.962 bits per heavy atom. The van der Waals surface area contributed by atoms with Gasteiger partial charge in [0.05, 0.1) is 12.6 Å². The molecule has 26 heavy (non-hydrogen) atoms. The fraction of sp³-hybridized carbons (Fsp3) is 0.300. The molecule has 1 atom stereocenters. The topological polar surface area (TPSA) is 79.5 Å². The average molecular weight is 351 g/mol. The van der Waals surface area contributed by atoms with Crippen LogP contribution in [0, 0.1) is 0 Å². The van der Waals surface area contributed by atoms with Crippen molar-refractivity contribution >= 4 is 17.6 Å². The van der Waals surface area contributed by atoms with Crippen LogP contribution < -0.4 is 20.7 Å². The first-order chi connectivity index (χ1) is 12.7. The molecule has 6 heteroatoms. The number of urea groups is 1. The molecule has 1 fully saturated rings. The molecule has 0 spiro atoms. The molecule has 1 aliphatic heterocycles. The second kappa shape index (κ2) is 7.07. The highest BCUT2D eigenvalue weighted by Gasteiger charge is 2.24. The lowest BCUT2D eigenvalue weighted by Gasteiger charge is -2.26. The highest BCUT2D eigenvalue weighted by Crippen LogP contribution is 2.31. The number of carbonyl (C=O) groups excluding carboxylic acids is 2. The number of hydrogen-bond acceptors (Lipinski definition) is 3. The number of benzene rings is 2. The summed E-state index contributed by atoms with van der Waals surface area (Å²) < 4.78 is 5.62. The van der Waals surface area contributed by atoms with Gasteiger partial charge in [-0.3, -0.25) is 4.79 Å². The quantitative estimate of drug-likeness (QED) is 0.791. The normalized spacial score (nSPS) is 18.2. The highest BCUT2D eigenvalue weighted by molar-refractivity contribution is 5.97. The number of fused-ring (bicyclic) bond motifs is 1. The summed E-state index contributed by atoms with van der Waals surface area (Å²) in [5.41, 5.74) is 2.11. The summed E-state index contributed by atoms with van der Waals surface area (Å²) in [6, 6.07) is 14.6. The lowest BCUT2D eigenvalue weighted by atomic mass is 10.0. The largest absolute Gasteiger partial charge is 0.493 e. The van der Waals surface area contributed by atoms with Crippen LogP contribution in [0.5, 0.6) is 5.75 Å². The number of rotatable bonds is 4. The molecule has 4 rings (SSSR count). The molecule has 2 aromatic rings. The zero-order valence-corrected chi connectivity index (χ0v) is 14.3. The molecule has 1 aliphatic carbocycles. The molecule has 1 unspecified atom stereocenters. The zero-order chi connectivity index (χ0) is 17.9. The Labute approximate surface area is 151 Å². The van der Waals surface area contributed by atoms with Crippen molar-refractivity contribution in [1.82, 2.24) is 10.6 Å². The van der Waals surface area contributed by atoms with Crippen LogP contribution in [0.4, 0.5) is 10.5 Å². The van der Waals surface area contributed by atoms with Crippen molar-refractivity contribution in [3.8, 4) is 5.75 Å². The summed E-state index contributed by atoms with van der Waals surface area (Å²) in [6.07, 6.45) is 2.80. The molecule has 1 heterocycles. The predicted molar refractivity (Wildman–Crippen MR) is 98.4 cm³/mol. The molecule has 0 bridgehead atoms. The molecule has 0 radical (unpaired) electrons. The Bertz CT molecular complexity index is 833. The third-order valence-corrected chi connectivity index (χ3v) is 4.56. The highest BCUT2D eigenvalue weighted by atomic mass is 16.5. The number of carbonyl (C=O) groups is 2. The van der Waals surface area contributed by atoms with E-state index in [1.165, 1.54) is 0 Å². The molecule has 3 amide bonds. The number of amides is 3. The number of anilines is 1. The van der Waals surface area contributed by atoms with Gasteiger partial charge in [0.1, 0.15) is 5.75 Å². The maximum Gasteiger partial charge on any atom is 0.319 e. The minimum absolute atomic E-state index is 0.0960. The van der Waals surface area contributed by atoms with Crippen LogP contribution in [0.1, 0.15) is 41.2 Å². The molecule has 0 aromatic heterocycles. The standard InChI is InChI=1S/C20H21N3O3/c24-19(21-14-8-9-14)13-4-3-5-15(12-13)22-20(25)23-17-10-11-26-18-7-2-1-6-16(17)18/h1-7,12,14,17H,8-11H2,(H,21,24)(H2,22,23,25). The number of hydrogen-bond donors (Lipinski definition) is 3. The third kappa shape index (κ3) is 3.79. The van der Waals surface area contributed by atoms with Crippen molar-refractivity contribution in [2.45, 2.75) is 31.3 Å². The van der Waals surface area contributed by atoms with Crippen molar-refractivity contribution < 1.29 is 14.3 Å². The van der Waals surface area contributed by atoms with Gasteiger partial charge in [-0.2, -0.15) is 0 Å². The second-order valence-corrected chi connectivity index (χ2v) is 6.65. The van der Waals surface area contributed by atoms with Gasteiger partial charge in [0, 0.05) is 29.3 Å². The average Bonchev–Trinajstić information content (AvgIpc) is 3.46. The van der Waals surface area contributed by atoms with Gasteiger partial charge in [-0.05, 0) is 37.1 Å². The first-order valence-corrected chi connectivity index (χ1v) is 8.89. The lowest BCUT2D eigenvalue weighted by Crippen LogP contribution is -2.35. The Balaban J connectivity index is 1.40. The summed E-state index contributed by atoms with van der Waals surface area (Å²) in [7, 11) is 0. The molecule has 2 aromatic carbocycles. The van der Waals surface area contributed by atoms with Gasteiger partial charge in [-0.1, -0.05) is 24.3 Å². The molecule has 1 saturated carbocycles. The van der Waals surface area contributed by atoms with Crippen molar-refractivity contribution in [2.24, 2.45) is 0 Å². The molecular formula is C20H21N3O3. The molecule has 3 N–H and O–H groups in total. The van der Waals surface area contributed by atoms with Gasteiger partial charge in [0.2, 0.25) is 0 Å². The van der Waals surface area contributed by atoms with E-state index in [0.29, 0.717) is 30.3 Å². The lowest BCUT2D eigenvalue weighted by molar-refractivity contribution is 0.0951. The van der Waals surface area contributed by atoms with Gasteiger partial charge >= 0.3 is 6.03 Å². The van der Waals surface area contributed by atoms with E-state index in [9.17, 15) is 9.59 Å². The van der Waals surface area contributed by atoms with E-state index in [-0.39, 0.29) is 18.0 Å². The smallest absolute Gasteiger partial charge is 0.319 e. The summed E-state index contributed by atoms with van der Waals surface area (Å²) in [5, 5.41) is 8.74. The molecule has 0 saturated heterocycles. The minimum Gasteiger partial charge on any atom is -0.493 e. The van der Waals surface area contributed by atoms with Crippen LogP contribution in [0.15, 0.2) is 48.5 Å². The summed E-state index contributed by atoms with van der Waals surface area (Å²) in [5.74, 6) is 0.706. The summed E-state index contributed by atoms with van der Waals surface area (Å²) >= 11 is 0. The number of ether oxygens (including phenoxy) is 1. The van der Waals surface area contributed by atoms with E-state index < -0.39 is 0 Å². The fourth-order valence-corrected chi connectivity index (χ4v) is 3.05. The fourth-order valence-electron chi connectivity index (χ4n) is 3.05. The Hall–Kier alpha value is -3.02. The van der Waals surface area contributed by atoms with E-state index in [4.69, 9.17) is 4.74 Å². The molecule has 2 aliphatic rings. The van der Waals surface area contributed by atoms with Crippen LogP contribution in [0.2, 0.25) is 0 Å². The van der Waals surface area contributed by atoms with Crippen molar-refractivity contribution in [2.75, 3.05) is 11.9 Å². The van der Waals surface area contributed by atoms with Crippen molar-refractivity contribution in [3.05, 3.63) is 59.7 Å². The third-order valence-electron chi connectivity index (χ3n) is 4.56. The SMILES string of the molecule is O=C(Nc1cccc(C(=O)NC2CC2)c1)NC1CCOc2ccccc21. The van der Waals surface area contributed by atoms with Gasteiger partial charge in [-0.15, -0.1) is 0 Å². The molecule has 134 valence electrons. The van der Waals surface area contributed by atoms with Gasteiger partial charge in [-0.25, -0.2) is 4.79 Å². The van der Waals surface area contributed by atoms with Crippen molar-refractivity contribution in [3.63, 3.8) is 0 Å². The Morgan fingerprint density at radius 2 is 1.81 bits per heavy atom. The van der Waals surface area contributed by atoms with Gasteiger partial charge < -0.3 is 20.7 Å². The summed E-state index contributed by atoms with van der Waals surface area (Å²) in [4.78, 5) is 24.5. The number of para-hydroxylation sites is 1. The maximum atomic E-state index is 12.4. The van der Waals surface area contributed by atoms with Crippen LogP contribution in [0.3, 0.4) is 0 Å². The first kappa shape index (κ1) is 16.4. The molecular weight excluding hydrogens is 330 g/mol. The zero-order valence-electron chi connectivity index (χ0n) is 14.3. The summed E-state index contributed by atoms with van der Waals surface area (Å²) in [6.45, 7) is 0.568. The van der Waals surface area contributed by atoms with E-state index in [2.05, 4.69) is 16.0 Å². The monoisotopic (exact) mass is 351 g/mol. The van der Waals surface area contributed by atoms with E-state index in [1.54, 1.807) is 24.3 Å². The second-order valence-electron chi connectivity index (χ2n) is 6.65. The van der Waals surface area contributed by atoms with Gasteiger partial charge in [0.25, 0.3) is 5.91 Å². The van der Waals surface area contributed by atoms with Crippen LogP contribution in [-0.4, -0.2) is 24.6 Å². The first-order valence-electron chi connectivity index (χ1n) is 8.89. The van der Waals surface area contributed by atoms with Gasteiger partial charge in [0.15, 0.2) is 0 Å². The molecule has 6 nitrogen and oxygen atoms in total. The maximum absolute atomic E-state index is 12.4. The van der Waals surface area contributed by atoms with Crippen molar-refractivity contribution in [1.29, 1.82) is 0 Å².